The van der Waals surface area contributed by atoms with Crippen LogP contribution in [0.1, 0.15) is 54.4 Å². The Labute approximate surface area is 89.5 Å². The molecule has 0 heterocycles. The van der Waals surface area contributed by atoms with Crippen LogP contribution in [0.15, 0.2) is 0 Å². The Balaban J connectivity index is 2.16. The normalized spacial score (nSPS) is 45.9. The van der Waals surface area contributed by atoms with Crippen molar-refractivity contribution in [3.05, 3.63) is 0 Å². The summed E-state index contributed by atoms with van der Waals surface area (Å²) in [6.45, 7) is 14.7. The predicted octanol–water partition coefficient (Wildman–Crippen LogP) is 4.35. The second-order valence-electron chi connectivity index (χ2n) is 7.43. The van der Waals surface area contributed by atoms with Crippen LogP contribution in [0.3, 0.4) is 0 Å². The van der Waals surface area contributed by atoms with Gasteiger partial charge in [0.05, 0.1) is 0 Å². The monoisotopic (exact) mass is 194 g/mol. The summed E-state index contributed by atoms with van der Waals surface area (Å²) in [6, 6.07) is 0. The maximum Gasteiger partial charge on any atom is -0.0295 e. The number of fused-ring (bicyclic) bond motifs is 2. The Morgan fingerprint density at radius 2 is 1.64 bits per heavy atom. The van der Waals surface area contributed by atoms with E-state index in [2.05, 4.69) is 41.5 Å². The second kappa shape index (κ2) is 2.77. The summed E-state index contributed by atoms with van der Waals surface area (Å²) in [6.07, 6.45) is 2.99. The zero-order valence-corrected chi connectivity index (χ0v) is 10.7. The van der Waals surface area contributed by atoms with Crippen molar-refractivity contribution in [2.75, 3.05) is 0 Å². The molecule has 0 N–H and O–H groups in total. The summed E-state index contributed by atoms with van der Waals surface area (Å²) in [5.41, 5.74) is 1.17. The number of hydrogen-bond acceptors (Lipinski definition) is 0. The van der Waals surface area contributed by atoms with Gasteiger partial charge >= 0.3 is 0 Å². The molecule has 82 valence electrons. The summed E-state index contributed by atoms with van der Waals surface area (Å²) >= 11 is 0. The Bertz CT molecular complexity index is 231. The van der Waals surface area contributed by atoms with E-state index < -0.39 is 0 Å². The molecule has 0 heteroatoms. The highest BCUT2D eigenvalue weighted by molar-refractivity contribution is 5.06. The molecule has 3 fully saturated rings. The summed E-state index contributed by atoms with van der Waals surface area (Å²) in [5, 5.41) is 0. The molecule has 0 aromatic carbocycles. The zero-order valence-electron chi connectivity index (χ0n) is 10.7. The molecule has 14 heavy (non-hydrogen) atoms. The average molecular weight is 194 g/mol. The van der Waals surface area contributed by atoms with Gasteiger partial charge in [0.15, 0.2) is 0 Å². The molecule has 0 aromatic rings. The quantitative estimate of drug-likeness (QED) is 0.538. The van der Waals surface area contributed by atoms with Crippen molar-refractivity contribution in [3.63, 3.8) is 0 Å². The second-order valence-corrected chi connectivity index (χ2v) is 7.43. The molecule has 0 nitrogen and oxygen atoms in total. The maximum absolute atomic E-state index is 2.50. The third kappa shape index (κ3) is 1.26. The standard InChI is InChI=1S/C14H26/c1-9-11(13(2,3)4)7-10-8-12(9)14(10,5)6/h9-12H,7-8H2,1-6H3/t9-,10?,11+,12?/m0/s1. The zero-order chi connectivity index (χ0) is 10.7. The van der Waals surface area contributed by atoms with Crippen LogP contribution in [-0.2, 0) is 0 Å². The van der Waals surface area contributed by atoms with Crippen LogP contribution in [0, 0.1) is 34.5 Å². The fraction of sp³-hybridized carbons (Fsp3) is 1.00. The van der Waals surface area contributed by atoms with Crippen LogP contribution in [-0.4, -0.2) is 0 Å². The van der Waals surface area contributed by atoms with E-state index in [9.17, 15) is 0 Å². The molecular formula is C14H26. The van der Waals surface area contributed by atoms with Crippen LogP contribution in [0.25, 0.3) is 0 Å². The van der Waals surface area contributed by atoms with Crippen molar-refractivity contribution in [2.45, 2.75) is 54.4 Å². The Morgan fingerprint density at radius 1 is 1.07 bits per heavy atom. The molecular weight excluding hydrogens is 168 g/mol. The van der Waals surface area contributed by atoms with Crippen molar-refractivity contribution in [2.24, 2.45) is 34.5 Å². The molecule has 0 aliphatic heterocycles. The molecule has 3 saturated carbocycles. The smallest absolute Gasteiger partial charge is 0.0295 e. The minimum atomic E-state index is 0.521. The van der Waals surface area contributed by atoms with Gasteiger partial charge < -0.3 is 0 Å². The topological polar surface area (TPSA) is 0 Å². The first kappa shape index (κ1) is 10.5. The molecule has 0 spiro atoms. The predicted molar refractivity (Wildman–Crippen MR) is 62.1 cm³/mol. The number of rotatable bonds is 0. The maximum atomic E-state index is 2.50. The molecule has 0 saturated heterocycles. The molecule has 0 radical (unpaired) electrons. The lowest BCUT2D eigenvalue weighted by Crippen LogP contribution is -2.57. The van der Waals surface area contributed by atoms with E-state index in [1.54, 1.807) is 0 Å². The van der Waals surface area contributed by atoms with Gasteiger partial charge in [-0.2, -0.15) is 0 Å². The fourth-order valence-electron chi connectivity index (χ4n) is 4.29. The summed E-state index contributed by atoms with van der Waals surface area (Å²) in [7, 11) is 0. The van der Waals surface area contributed by atoms with Crippen molar-refractivity contribution < 1.29 is 0 Å². The van der Waals surface area contributed by atoms with Gasteiger partial charge in [-0.1, -0.05) is 41.5 Å². The lowest BCUT2D eigenvalue weighted by molar-refractivity contribution is -0.150. The highest BCUT2D eigenvalue weighted by Crippen LogP contribution is 2.65. The SMILES string of the molecule is C[C@@H]1C2CC(C[C@H]1C(C)(C)C)C2(C)C. The van der Waals surface area contributed by atoms with E-state index in [4.69, 9.17) is 0 Å². The van der Waals surface area contributed by atoms with Gasteiger partial charge in [0, 0.05) is 0 Å². The molecule has 0 aromatic heterocycles. The van der Waals surface area contributed by atoms with E-state index >= 15 is 0 Å². The highest BCUT2D eigenvalue weighted by atomic mass is 14.6. The van der Waals surface area contributed by atoms with Crippen LogP contribution >= 0.6 is 0 Å². The third-order valence-corrected chi connectivity index (χ3v) is 5.47. The lowest BCUT2D eigenvalue weighted by Gasteiger charge is -2.64. The molecule has 3 rings (SSSR count). The highest BCUT2D eigenvalue weighted by Gasteiger charge is 2.57. The van der Waals surface area contributed by atoms with Crippen molar-refractivity contribution >= 4 is 0 Å². The van der Waals surface area contributed by atoms with Gasteiger partial charge in [-0.25, -0.2) is 0 Å². The third-order valence-electron chi connectivity index (χ3n) is 5.47. The Morgan fingerprint density at radius 3 is 2.00 bits per heavy atom. The van der Waals surface area contributed by atoms with Gasteiger partial charge in [-0.15, -0.1) is 0 Å². The lowest BCUT2D eigenvalue weighted by atomic mass is 9.41. The first-order valence-electron chi connectivity index (χ1n) is 6.24. The van der Waals surface area contributed by atoms with Gasteiger partial charge in [-0.3, -0.25) is 0 Å². The average Bonchev–Trinajstić information content (AvgIpc) is 2.01. The molecule has 3 aliphatic carbocycles. The first-order chi connectivity index (χ1) is 6.24. The Kier molecular flexibility index (Phi) is 2.08. The van der Waals surface area contributed by atoms with E-state index in [0.717, 1.165) is 23.7 Å². The molecule has 2 bridgehead atoms. The van der Waals surface area contributed by atoms with Gasteiger partial charge in [0.25, 0.3) is 0 Å². The van der Waals surface area contributed by atoms with Crippen molar-refractivity contribution in [1.82, 2.24) is 0 Å². The van der Waals surface area contributed by atoms with Crippen LogP contribution in [0.2, 0.25) is 0 Å². The van der Waals surface area contributed by atoms with Crippen LogP contribution < -0.4 is 0 Å². The Hall–Kier alpha value is 0. The van der Waals surface area contributed by atoms with Crippen molar-refractivity contribution in [3.8, 4) is 0 Å². The van der Waals surface area contributed by atoms with Gasteiger partial charge in [0.2, 0.25) is 0 Å². The summed E-state index contributed by atoms with van der Waals surface area (Å²) in [5.74, 6) is 3.92. The minimum absolute atomic E-state index is 0.521. The van der Waals surface area contributed by atoms with E-state index in [-0.39, 0.29) is 0 Å². The summed E-state index contributed by atoms with van der Waals surface area (Å²) in [4.78, 5) is 0. The number of hydrogen-bond donors (Lipinski definition) is 0. The van der Waals surface area contributed by atoms with Crippen LogP contribution in [0.5, 0.6) is 0 Å². The largest absolute Gasteiger partial charge is 0.0619 e. The molecule has 3 aliphatic rings. The first-order valence-corrected chi connectivity index (χ1v) is 6.24. The molecule has 4 atom stereocenters. The van der Waals surface area contributed by atoms with Gasteiger partial charge in [-0.05, 0) is 47.3 Å². The van der Waals surface area contributed by atoms with E-state index in [1.165, 1.54) is 12.8 Å². The molecule has 0 amide bonds. The fourth-order valence-corrected chi connectivity index (χ4v) is 4.29. The van der Waals surface area contributed by atoms with Gasteiger partial charge in [0.1, 0.15) is 0 Å². The van der Waals surface area contributed by atoms with Crippen molar-refractivity contribution in [1.29, 1.82) is 0 Å². The minimum Gasteiger partial charge on any atom is -0.0619 e. The summed E-state index contributed by atoms with van der Waals surface area (Å²) < 4.78 is 0. The van der Waals surface area contributed by atoms with E-state index in [0.29, 0.717) is 10.8 Å². The van der Waals surface area contributed by atoms with E-state index in [1.807, 2.05) is 0 Å². The molecule has 2 unspecified atom stereocenters. The van der Waals surface area contributed by atoms with Crippen LogP contribution in [0.4, 0.5) is 0 Å².